The van der Waals surface area contributed by atoms with Crippen LogP contribution in [0.3, 0.4) is 0 Å². The summed E-state index contributed by atoms with van der Waals surface area (Å²) in [5.41, 5.74) is 2.18. The van der Waals surface area contributed by atoms with Gasteiger partial charge in [-0.1, -0.05) is 12.1 Å². The van der Waals surface area contributed by atoms with E-state index in [-0.39, 0.29) is 0 Å². The monoisotopic (exact) mass is 291 g/mol. The van der Waals surface area contributed by atoms with Crippen LogP contribution in [0, 0.1) is 0 Å². The lowest BCUT2D eigenvalue weighted by molar-refractivity contribution is 1.13. The molecule has 1 N–H and O–H groups in total. The van der Waals surface area contributed by atoms with Crippen LogP contribution in [-0.2, 0) is 0 Å². The fourth-order valence-corrected chi connectivity index (χ4v) is 1.79. The Morgan fingerprint density at radius 3 is 2.53 bits per heavy atom. The molecule has 2 aromatic rings. The number of hydrogen-bond donors (Lipinski definition) is 1. The molecule has 3 nitrogen and oxygen atoms in total. The summed E-state index contributed by atoms with van der Waals surface area (Å²) in [6, 6.07) is 12.0. The molecule has 0 saturated heterocycles. The minimum atomic E-state index is 0.836. The first-order valence-electron chi connectivity index (χ1n) is 5.32. The van der Waals surface area contributed by atoms with E-state index >= 15 is 0 Å². The van der Waals surface area contributed by atoms with E-state index in [0.29, 0.717) is 0 Å². The molecule has 0 aliphatic heterocycles. The van der Waals surface area contributed by atoms with E-state index in [1.54, 1.807) is 6.20 Å². The molecule has 0 amide bonds. The Bertz CT molecular complexity index is 494. The van der Waals surface area contributed by atoms with Gasteiger partial charge in [-0.3, -0.25) is 0 Å². The minimum Gasteiger partial charge on any atom is -0.376 e. The van der Waals surface area contributed by atoms with Crippen LogP contribution in [0.15, 0.2) is 47.1 Å². The number of halogens is 1. The van der Waals surface area contributed by atoms with Crippen molar-refractivity contribution in [2.24, 2.45) is 0 Å². The molecular formula is C13H14BrN3. The third-order valence-corrected chi connectivity index (χ3v) is 2.85. The van der Waals surface area contributed by atoms with Crippen LogP contribution >= 0.6 is 15.9 Å². The lowest BCUT2D eigenvalue weighted by atomic mass is 10.2. The summed E-state index contributed by atoms with van der Waals surface area (Å²) >= 11 is 3.37. The van der Waals surface area contributed by atoms with Gasteiger partial charge >= 0.3 is 0 Å². The fraction of sp³-hybridized carbons (Fsp3) is 0.154. The molecule has 0 aliphatic rings. The van der Waals surface area contributed by atoms with E-state index in [0.717, 1.165) is 21.7 Å². The summed E-state index contributed by atoms with van der Waals surface area (Å²) in [4.78, 5) is 6.37. The van der Waals surface area contributed by atoms with E-state index in [9.17, 15) is 0 Å². The average Bonchev–Trinajstić information content (AvgIpc) is 2.32. The second kappa shape index (κ2) is 5.19. The number of hydrogen-bond acceptors (Lipinski definition) is 3. The number of nitrogens with one attached hydrogen (secondary N) is 1. The van der Waals surface area contributed by atoms with Crippen molar-refractivity contribution in [3.63, 3.8) is 0 Å². The van der Waals surface area contributed by atoms with Gasteiger partial charge in [0.25, 0.3) is 0 Å². The Balaban J connectivity index is 2.26. The summed E-state index contributed by atoms with van der Waals surface area (Å²) in [6.45, 7) is 0. The molecule has 0 spiro atoms. The van der Waals surface area contributed by atoms with Gasteiger partial charge in [0.1, 0.15) is 5.82 Å². The first-order chi connectivity index (χ1) is 8.16. The van der Waals surface area contributed by atoms with Crippen LogP contribution in [0.25, 0.3) is 0 Å². The molecule has 0 fully saturated rings. The molecule has 1 aromatic heterocycles. The molecule has 1 heterocycles. The highest BCUT2D eigenvalue weighted by atomic mass is 79.9. The van der Waals surface area contributed by atoms with Crippen molar-refractivity contribution in [2.45, 2.75) is 0 Å². The second-order valence-electron chi connectivity index (χ2n) is 3.90. The average molecular weight is 292 g/mol. The van der Waals surface area contributed by atoms with Crippen molar-refractivity contribution >= 4 is 33.1 Å². The summed E-state index contributed by atoms with van der Waals surface area (Å²) in [6.07, 6.45) is 1.78. The maximum Gasteiger partial charge on any atom is 0.130 e. The number of benzene rings is 1. The molecule has 0 saturated carbocycles. The zero-order valence-electron chi connectivity index (χ0n) is 9.81. The Morgan fingerprint density at radius 2 is 1.88 bits per heavy atom. The topological polar surface area (TPSA) is 28.2 Å². The second-order valence-corrected chi connectivity index (χ2v) is 4.81. The van der Waals surface area contributed by atoms with Crippen molar-refractivity contribution in [3.05, 3.63) is 47.1 Å². The van der Waals surface area contributed by atoms with E-state index in [4.69, 9.17) is 0 Å². The van der Waals surface area contributed by atoms with E-state index in [2.05, 4.69) is 37.2 Å². The highest BCUT2D eigenvalue weighted by molar-refractivity contribution is 9.10. The molecule has 0 radical (unpaired) electrons. The van der Waals surface area contributed by atoms with Crippen molar-refractivity contribution in [3.8, 4) is 0 Å². The number of nitrogens with zero attached hydrogens (tertiary/aromatic N) is 2. The first kappa shape index (κ1) is 11.9. The van der Waals surface area contributed by atoms with Gasteiger partial charge in [0.15, 0.2) is 0 Å². The molecule has 0 aliphatic carbocycles. The number of anilines is 3. The van der Waals surface area contributed by atoms with Crippen LogP contribution in [0.2, 0.25) is 0 Å². The van der Waals surface area contributed by atoms with Gasteiger partial charge in [0.05, 0.1) is 11.4 Å². The maximum absolute atomic E-state index is 4.30. The summed E-state index contributed by atoms with van der Waals surface area (Å²) in [5.74, 6) is 0.836. The molecular weight excluding hydrogens is 278 g/mol. The molecule has 1 aromatic carbocycles. The van der Waals surface area contributed by atoms with Gasteiger partial charge in [-0.15, -0.1) is 0 Å². The smallest absolute Gasteiger partial charge is 0.130 e. The van der Waals surface area contributed by atoms with Crippen LogP contribution in [0.5, 0.6) is 0 Å². The van der Waals surface area contributed by atoms with Crippen molar-refractivity contribution in [1.82, 2.24) is 4.98 Å². The lowest BCUT2D eigenvalue weighted by Gasteiger charge is -2.17. The quantitative estimate of drug-likeness (QED) is 0.936. The third kappa shape index (κ3) is 2.97. The van der Waals surface area contributed by atoms with Gasteiger partial charge in [-0.25, -0.2) is 4.98 Å². The molecule has 17 heavy (non-hydrogen) atoms. The van der Waals surface area contributed by atoms with E-state index in [1.165, 1.54) is 0 Å². The largest absolute Gasteiger partial charge is 0.376 e. The predicted octanol–water partition coefficient (Wildman–Crippen LogP) is 3.65. The van der Waals surface area contributed by atoms with Crippen LogP contribution in [0.4, 0.5) is 17.2 Å². The van der Waals surface area contributed by atoms with Crippen LogP contribution in [-0.4, -0.2) is 19.1 Å². The zero-order valence-corrected chi connectivity index (χ0v) is 11.4. The van der Waals surface area contributed by atoms with Gasteiger partial charge in [-0.05, 0) is 40.2 Å². The Hall–Kier alpha value is -1.55. The maximum atomic E-state index is 4.30. The van der Waals surface area contributed by atoms with E-state index < -0.39 is 0 Å². The van der Waals surface area contributed by atoms with Crippen molar-refractivity contribution in [2.75, 3.05) is 24.3 Å². The predicted molar refractivity (Wildman–Crippen MR) is 76.0 cm³/mol. The number of aromatic nitrogens is 1. The molecule has 0 atom stereocenters. The molecule has 0 bridgehead atoms. The molecule has 4 heteroatoms. The highest BCUT2D eigenvalue weighted by Crippen LogP contribution is 2.26. The van der Waals surface area contributed by atoms with E-state index in [1.807, 2.05) is 44.4 Å². The Labute approximate surface area is 110 Å². The standard InChI is InChI=1S/C13H14BrN3/c1-17(2)12-6-4-3-5-11(12)16-13-8-7-10(14)9-15-13/h3-9H,1-2H3,(H,15,16). The van der Waals surface area contributed by atoms with Gasteiger partial charge in [-0.2, -0.15) is 0 Å². The first-order valence-corrected chi connectivity index (χ1v) is 6.11. The summed E-state index contributed by atoms with van der Waals surface area (Å²) in [5, 5.41) is 3.31. The third-order valence-electron chi connectivity index (χ3n) is 2.38. The lowest BCUT2D eigenvalue weighted by Crippen LogP contribution is -2.10. The number of para-hydroxylation sites is 2. The number of pyridine rings is 1. The van der Waals surface area contributed by atoms with Gasteiger partial charge < -0.3 is 10.2 Å². The Morgan fingerprint density at radius 1 is 1.12 bits per heavy atom. The summed E-state index contributed by atoms with van der Waals surface area (Å²) in [7, 11) is 4.05. The van der Waals surface area contributed by atoms with Crippen molar-refractivity contribution in [1.29, 1.82) is 0 Å². The normalized spacial score (nSPS) is 10.1. The zero-order chi connectivity index (χ0) is 12.3. The van der Waals surface area contributed by atoms with Crippen molar-refractivity contribution < 1.29 is 0 Å². The number of rotatable bonds is 3. The highest BCUT2D eigenvalue weighted by Gasteiger charge is 2.03. The van der Waals surface area contributed by atoms with Crippen LogP contribution in [0.1, 0.15) is 0 Å². The molecule has 88 valence electrons. The Kier molecular flexibility index (Phi) is 3.64. The molecule has 0 unspecified atom stereocenters. The van der Waals surface area contributed by atoms with Gasteiger partial charge in [0.2, 0.25) is 0 Å². The minimum absolute atomic E-state index is 0.836. The fourth-order valence-electron chi connectivity index (χ4n) is 1.56. The SMILES string of the molecule is CN(C)c1ccccc1Nc1ccc(Br)cn1. The van der Waals surface area contributed by atoms with Gasteiger partial charge in [0, 0.05) is 24.8 Å². The molecule has 2 rings (SSSR count). The van der Waals surface area contributed by atoms with Crippen LogP contribution < -0.4 is 10.2 Å². The summed E-state index contributed by atoms with van der Waals surface area (Å²) < 4.78 is 0.976.